The lowest BCUT2D eigenvalue weighted by molar-refractivity contribution is -0.143. The Hall–Kier alpha value is -1.91. The summed E-state index contributed by atoms with van der Waals surface area (Å²) in [6.07, 6.45) is 0.153. The third-order valence-corrected chi connectivity index (χ3v) is 9.67. The van der Waals surface area contributed by atoms with Crippen LogP contribution in [-0.4, -0.2) is 27.0 Å². The quantitative estimate of drug-likeness (QED) is 0.634. The fourth-order valence-corrected chi connectivity index (χ4v) is 8.14. The molecule has 0 saturated carbocycles. The first-order valence-electron chi connectivity index (χ1n) is 8.41. The first-order valence-corrected chi connectivity index (χ1v) is 10.3. The molecule has 126 valence electrons. The predicted octanol–water partition coefficient (Wildman–Crippen LogP) is 2.88. The summed E-state index contributed by atoms with van der Waals surface area (Å²) in [5, 5.41) is 2.24. The summed E-state index contributed by atoms with van der Waals surface area (Å²) in [5.74, 6) is -0.233. The van der Waals surface area contributed by atoms with Gasteiger partial charge in [0.25, 0.3) is 8.32 Å². The Bertz CT molecular complexity index is 652. The van der Waals surface area contributed by atoms with Gasteiger partial charge in [0.15, 0.2) is 0 Å². The van der Waals surface area contributed by atoms with Gasteiger partial charge in [-0.1, -0.05) is 81.4 Å². The number of esters is 1. The molecule has 0 bridgehead atoms. The molecule has 24 heavy (non-hydrogen) atoms. The highest BCUT2D eigenvalue weighted by Gasteiger charge is 2.53. The maximum atomic E-state index is 12.1. The van der Waals surface area contributed by atoms with Crippen LogP contribution in [0.15, 0.2) is 60.7 Å². The Morgan fingerprint density at radius 3 is 1.83 bits per heavy atom. The fourth-order valence-electron chi connectivity index (χ4n) is 3.49. The minimum atomic E-state index is -2.66. The van der Waals surface area contributed by atoms with Crippen molar-refractivity contribution in [2.24, 2.45) is 0 Å². The smallest absolute Gasteiger partial charge is 0.334 e. The number of cyclic esters (lactones) is 1. The molecule has 0 aliphatic carbocycles. The first kappa shape index (κ1) is 16.9. The van der Waals surface area contributed by atoms with Crippen molar-refractivity contribution in [2.45, 2.75) is 38.3 Å². The van der Waals surface area contributed by atoms with Gasteiger partial charge in [-0.15, -0.1) is 0 Å². The van der Waals surface area contributed by atoms with Gasteiger partial charge in [0.2, 0.25) is 0 Å². The van der Waals surface area contributed by atoms with Crippen LogP contribution in [0.5, 0.6) is 0 Å². The van der Waals surface area contributed by atoms with E-state index in [4.69, 9.17) is 9.16 Å². The van der Waals surface area contributed by atoms with E-state index < -0.39 is 14.4 Å². The highest BCUT2D eigenvalue weighted by molar-refractivity contribution is 6.99. The van der Waals surface area contributed by atoms with Gasteiger partial charge in [-0.05, 0) is 15.4 Å². The summed E-state index contributed by atoms with van der Waals surface area (Å²) in [5.41, 5.74) is 0. The van der Waals surface area contributed by atoms with Crippen molar-refractivity contribution in [2.75, 3.05) is 6.61 Å². The van der Waals surface area contributed by atoms with E-state index in [9.17, 15) is 4.79 Å². The molecule has 0 spiro atoms. The van der Waals surface area contributed by atoms with Crippen molar-refractivity contribution in [3.8, 4) is 0 Å². The van der Waals surface area contributed by atoms with E-state index in [1.165, 1.54) is 10.4 Å². The fraction of sp³-hybridized carbons (Fsp3) is 0.350. The summed E-state index contributed by atoms with van der Waals surface area (Å²) >= 11 is 0. The normalized spacial score (nSPS) is 18.5. The van der Waals surface area contributed by atoms with Crippen LogP contribution in [0.25, 0.3) is 0 Å². The maximum Gasteiger partial charge on any atom is 0.334 e. The highest BCUT2D eigenvalue weighted by atomic mass is 28.4. The first-order chi connectivity index (χ1) is 11.4. The lowest BCUT2D eigenvalue weighted by atomic mass is 10.2. The van der Waals surface area contributed by atoms with Gasteiger partial charge >= 0.3 is 5.97 Å². The Balaban J connectivity index is 2.19. The minimum Gasteiger partial charge on any atom is -0.464 e. The Kier molecular flexibility index (Phi) is 4.61. The van der Waals surface area contributed by atoms with E-state index in [1.807, 2.05) is 36.4 Å². The van der Waals surface area contributed by atoms with Crippen molar-refractivity contribution in [1.82, 2.24) is 0 Å². The van der Waals surface area contributed by atoms with Gasteiger partial charge in [-0.3, -0.25) is 0 Å². The molecule has 4 heteroatoms. The van der Waals surface area contributed by atoms with Crippen molar-refractivity contribution in [1.29, 1.82) is 0 Å². The van der Waals surface area contributed by atoms with E-state index >= 15 is 0 Å². The number of carbonyl (C=O) groups is 1. The molecule has 2 aromatic rings. The number of rotatable bonds is 4. The Morgan fingerprint density at radius 2 is 1.46 bits per heavy atom. The van der Waals surface area contributed by atoms with E-state index in [1.54, 1.807) is 0 Å². The monoisotopic (exact) mass is 340 g/mol. The summed E-state index contributed by atoms with van der Waals surface area (Å²) in [7, 11) is -2.66. The largest absolute Gasteiger partial charge is 0.464 e. The Morgan fingerprint density at radius 1 is 0.958 bits per heavy atom. The lowest BCUT2D eigenvalue weighted by Crippen LogP contribution is -2.68. The van der Waals surface area contributed by atoms with Crippen molar-refractivity contribution < 1.29 is 14.0 Å². The average molecular weight is 340 g/mol. The maximum absolute atomic E-state index is 12.1. The summed E-state index contributed by atoms with van der Waals surface area (Å²) in [6.45, 7) is 7.07. The van der Waals surface area contributed by atoms with Gasteiger partial charge in [0.05, 0.1) is 6.61 Å². The van der Waals surface area contributed by atoms with Gasteiger partial charge in [0, 0.05) is 6.42 Å². The Labute approximate surface area is 144 Å². The van der Waals surface area contributed by atoms with E-state index in [2.05, 4.69) is 45.0 Å². The molecule has 2 aromatic carbocycles. The summed E-state index contributed by atoms with van der Waals surface area (Å²) in [6, 6.07) is 20.7. The molecular formula is C20H24O3Si. The number of hydrogen-bond acceptors (Lipinski definition) is 3. The van der Waals surface area contributed by atoms with Gasteiger partial charge in [0.1, 0.15) is 6.10 Å². The lowest BCUT2D eigenvalue weighted by Gasteiger charge is -2.44. The zero-order valence-corrected chi connectivity index (χ0v) is 15.5. The predicted molar refractivity (Wildman–Crippen MR) is 98.1 cm³/mol. The molecule has 1 saturated heterocycles. The molecular weight excluding hydrogens is 316 g/mol. The molecule has 1 atom stereocenters. The second-order valence-corrected chi connectivity index (χ2v) is 11.5. The minimum absolute atomic E-state index is 0.126. The van der Waals surface area contributed by atoms with Crippen LogP contribution in [0, 0.1) is 0 Å². The van der Waals surface area contributed by atoms with E-state index in [0.717, 1.165) is 0 Å². The summed E-state index contributed by atoms with van der Waals surface area (Å²) in [4.78, 5) is 12.1. The van der Waals surface area contributed by atoms with Crippen LogP contribution in [0.1, 0.15) is 27.2 Å². The zero-order valence-electron chi connectivity index (χ0n) is 14.5. The molecule has 0 N–H and O–H groups in total. The van der Waals surface area contributed by atoms with Crippen molar-refractivity contribution in [3.05, 3.63) is 60.7 Å². The molecule has 0 radical (unpaired) electrons. The molecule has 1 aliphatic heterocycles. The molecule has 1 aliphatic rings. The molecule has 3 rings (SSSR count). The average Bonchev–Trinajstić information content (AvgIpc) is 2.98. The third-order valence-electron chi connectivity index (χ3n) is 4.62. The van der Waals surface area contributed by atoms with E-state index in [-0.39, 0.29) is 11.0 Å². The van der Waals surface area contributed by atoms with Crippen LogP contribution in [0.4, 0.5) is 0 Å². The standard InChI is InChI=1S/C20H24O3Si/c1-20(2,3)24(16-10-6-4-7-11-16,17-12-8-5-9-13-17)23-18-14-15-22-19(18)21/h4-13,18H,14-15H2,1-3H3. The second-order valence-electron chi connectivity index (χ2n) is 7.23. The van der Waals surface area contributed by atoms with Crippen LogP contribution in [0.2, 0.25) is 5.04 Å². The van der Waals surface area contributed by atoms with Crippen molar-refractivity contribution in [3.63, 3.8) is 0 Å². The van der Waals surface area contributed by atoms with Crippen LogP contribution >= 0.6 is 0 Å². The zero-order chi connectivity index (χ0) is 17.2. The van der Waals surface area contributed by atoms with Crippen molar-refractivity contribution >= 4 is 24.7 Å². The second kappa shape index (κ2) is 6.53. The molecule has 0 amide bonds. The molecule has 1 heterocycles. The highest BCUT2D eigenvalue weighted by Crippen LogP contribution is 2.38. The van der Waals surface area contributed by atoms with Crippen LogP contribution in [-0.2, 0) is 14.0 Å². The van der Waals surface area contributed by atoms with Crippen LogP contribution < -0.4 is 10.4 Å². The topological polar surface area (TPSA) is 35.5 Å². The number of benzene rings is 2. The number of hydrogen-bond donors (Lipinski definition) is 0. The van der Waals surface area contributed by atoms with Gasteiger partial charge in [-0.25, -0.2) is 4.79 Å². The number of carbonyl (C=O) groups excluding carboxylic acids is 1. The summed E-state index contributed by atoms with van der Waals surface area (Å²) < 4.78 is 11.9. The molecule has 1 fully saturated rings. The molecule has 3 nitrogen and oxygen atoms in total. The molecule has 1 unspecified atom stereocenters. The van der Waals surface area contributed by atoms with Crippen LogP contribution in [0.3, 0.4) is 0 Å². The van der Waals surface area contributed by atoms with Gasteiger partial charge < -0.3 is 9.16 Å². The third kappa shape index (κ3) is 2.92. The molecule has 0 aromatic heterocycles. The van der Waals surface area contributed by atoms with E-state index in [0.29, 0.717) is 13.0 Å². The number of ether oxygens (including phenoxy) is 1. The SMILES string of the molecule is CC(C)(C)[Si](OC1CCOC1=O)(c1ccccc1)c1ccccc1. The van der Waals surface area contributed by atoms with Gasteiger partial charge in [-0.2, -0.15) is 0 Å².